The van der Waals surface area contributed by atoms with E-state index in [-0.39, 0.29) is 18.3 Å². The van der Waals surface area contributed by atoms with E-state index in [0.717, 1.165) is 11.3 Å². The molecule has 5 heteroatoms. The molecule has 1 aromatic rings. The molecule has 18 heavy (non-hydrogen) atoms. The summed E-state index contributed by atoms with van der Waals surface area (Å²) in [6.45, 7) is 1.18. The van der Waals surface area contributed by atoms with E-state index in [1.165, 1.54) is 0 Å². The molecule has 98 valence electrons. The van der Waals surface area contributed by atoms with Crippen LogP contribution >= 0.6 is 0 Å². The number of carbonyl (C=O) groups is 1. The molecule has 0 saturated carbocycles. The van der Waals surface area contributed by atoms with Gasteiger partial charge in [0.1, 0.15) is 5.75 Å². The fourth-order valence-corrected chi connectivity index (χ4v) is 2.31. The van der Waals surface area contributed by atoms with Crippen LogP contribution in [0, 0.1) is 5.92 Å². The lowest BCUT2D eigenvalue weighted by Crippen LogP contribution is -2.22. The van der Waals surface area contributed by atoms with Gasteiger partial charge < -0.3 is 20.2 Å². The third-order valence-electron chi connectivity index (χ3n) is 3.27. The van der Waals surface area contributed by atoms with E-state index in [2.05, 4.69) is 0 Å². The number of benzene rings is 1. The second-order valence-corrected chi connectivity index (χ2v) is 4.60. The number of aliphatic hydroxyl groups excluding tert-OH is 1. The first-order valence-electron chi connectivity index (χ1n) is 6.01. The summed E-state index contributed by atoms with van der Waals surface area (Å²) in [7, 11) is 0. The van der Waals surface area contributed by atoms with Crippen molar-refractivity contribution >= 4 is 11.7 Å². The Kier molecular flexibility index (Phi) is 3.72. The van der Waals surface area contributed by atoms with Crippen LogP contribution in [0.4, 0.5) is 5.69 Å². The Labute approximate surface area is 105 Å². The average molecular weight is 251 g/mol. The molecular weight excluding hydrogens is 234 g/mol. The standard InChI is InChI=1S/C13H17NO4/c15-4-2-9-5-11(7-12(16)6-9)14-3-1-10(8-14)13(17)18/h5-7,10,15-16H,1-4,8H2,(H,17,18). The van der Waals surface area contributed by atoms with E-state index >= 15 is 0 Å². The maximum absolute atomic E-state index is 10.9. The summed E-state index contributed by atoms with van der Waals surface area (Å²) in [6, 6.07) is 5.13. The number of aliphatic carboxylic acids is 1. The Morgan fingerprint density at radius 2 is 2.17 bits per heavy atom. The molecule has 0 spiro atoms. The number of hydrogen-bond donors (Lipinski definition) is 3. The van der Waals surface area contributed by atoms with Crippen molar-refractivity contribution in [3.05, 3.63) is 23.8 Å². The van der Waals surface area contributed by atoms with Crippen molar-refractivity contribution in [2.75, 3.05) is 24.6 Å². The van der Waals surface area contributed by atoms with E-state index in [4.69, 9.17) is 10.2 Å². The van der Waals surface area contributed by atoms with Crippen LogP contribution in [0.25, 0.3) is 0 Å². The molecule has 1 aromatic carbocycles. The Bertz CT molecular complexity index is 447. The van der Waals surface area contributed by atoms with Gasteiger partial charge in [0.05, 0.1) is 5.92 Å². The topological polar surface area (TPSA) is 81.0 Å². The van der Waals surface area contributed by atoms with Crippen LogP contribution in [-0.2, 0) is 11.2 Å². The highest BCUT2D eigenvalue weighted by molar-refractivity contribution is 5.72. The molecule has 0 aromatic heterocycles. The lowest BCUT2D eigenvalue weighted by Gasteiger charge is -2.19. The van der Waals surface area contributed by atoms with Crippen LogP contribution < -0.4 is 4.90 Å². The minimum Gasteiger partial charge on any atom is -0.508 e. The van der Waals surface area contributed by atoms with Gasteiger partial charge in [0.15, 0.2) is 0 Å². The van der Waals surface area contributed by atoms with Crippen LogP contribution in [0.15, 0.2) is 18.2 Å². The number of nitrogens with zero attached hydrogens (tertiary/aromatic N) is 1. The number of carboxylic acids is 1. The predicted molar refractivity (Wildman–Crippen MR) is 66.9 cm³/mol. The second-order valence-electron chi connectivity index (χ2n) is 4.60. The average Bonchev–Trinajstić information content (AvgIpc) is 2.78. The molecule has 0 radical (unpaired) electrons. The highest BCUT2D eigenvalue weighted by Crippen LogP contribution is 2.28. The smallest absolute Gasteiger partial charge is 0.308 e. The van der Waals surface area contributed by atoms with Crippen molar-refractivity contribution in [3.8, 4) is 5.75 Å². The van der Waals surface area contributed by atoms with Gasteiger partial charge >= 0.3 is 5.97 Å². The van der Waals surface area contributed by atoms with Gasteiger partial charge in [-0.1, -0.05) is 0 Å². The lowest BCUT2D eigenvalue weighted by atomic mass is 10.1. The molecule has 3 N–H and O–H groups in total. The first-order valence-corrected chi connectivity index (χ1v) is 6.01. The van der Waals surface area contributed by atoms with Crippen molar-refractivity contribution < 1.29 is 20.1 Å². The molecule has 0 amide bonds. The van der Waals surface area contributed by atoms with Crippen molar-refractivity contribution in [2.45, 2.75) is 12.8 Å². The third kappa shape index (κ3) is 2.73. The SMILES string of the molecule is O=C(O)C1CCN(c2cc(O)cc(CCO)c2)C1. The van der Waals surface area contributed by atoms with E-state index in [9.17, 15) is 9.90 Å². The second kappa shape index (κ2) is 5.27. The number of rotatable bonds is 4. The summed E-state index contributed by atoms with van der Waals surface area (Å²) in [4.78, 5) is 12.9. The number of phenols is 1. The molecule has 1 heterocycles. The van der Waals surface area contributed by atoms with Crippen molar-refractivity contribution in [1.82, 2.24) is 0 Å². The minimum atomic E-state index is -0.770. The first-order chi connectivity index (χ1) is 8.60. The zero-order valence-electron chi connectivity index (χ0n) is 10.0. The number of carboxylic acid groups (broad SMARTS) is 1. The third-order valence-corrected chi connectivity index (χ3v) is 3.27. The molecule has 5 nitrogen and oxygen atoms in total. The summed E-state index contributed by atoms with van der Waals surface area (Å²) < 4.78 is 0. The Hall–Kier alpha value is -1.75. The molecule has 0 aliphatic carbocycles. The molecule has 1 aliphatic heterocycles. The largest absolute Gasteiger partial charge is 0.508 e. The fraction of sp³-hybridized carbons (Fsp3) is 0.462. The monoisotopic (exact) mass is 251 g/mol. The van der Waals surface area contributed by atoms with Gasteiger partial charge in [-0.3, -0.25) is 4.79 Å². The Morgan fingerprint density at radius 3 is 2.78 bits per heavy atom. The van der Waals surface area contributed by atoms with Crippen LogP contribution in [0.1, 0.15) is 12.0 Å². The quantitative estimate of drug-likeness (QED) is 0.738. The van der Waals surface area contributed by atoms with Gasteiger partial charge in [-0.15, -0.1) is 0 Å². The number of phenolic OH excluding ortho intramolecular Hbond substituents is 1. The molecular formula is C13H17NO4. The number of aromatic hydroxyl groups is 1. The summed E-state index contributed by atoms with van der Waals surface area (Å²) in [6.07, 6.45) is 1.11. The number of hydrogen-bond acceptors (Lipinski definition) is 4. The van der Waals surface area contributed by atoms with Crippen LogP contribution in [0.3, 0.4) is 0 Å². The minimum absolute atomic E-state index is 0.0284. The van der Waals surface area contributed by atoms with Crippen LogP contribution in [0.5, 0.6) is 5.75 Å². The van der Waals surface area contributed by atoms with Gasteiger partial charge in [0.25, 0.3) is 0 Å². The molecule has 2 rings (SSSR count). The summed E-state index contributed by atoms with van der Waals surface area (Å²) in [5.74, 6) is -0.961. The molecule has 1 aliphatic rings. The number of anilines is 1. The van der Waals surface area contributed by atoms with Gasteiger partial charge in [0, 0.05) is 31.5 Å². The maximum atomic E-state index is 10.9. The lowest BCUT2D eigenvalue weighted by molar-refractivity contribution is -0.140. The first kappa shape index (κ1) is 12.7. The highest BCUT2D eigenvalue weighted by atomic mass is 16.4. The van der Waals surface area contributed by atoms with Gasteiger partial charge in [0.2, 0.25) is 0 Å². The molecule has 0 bridgehead atoms. The van der Waals surface area contributed by atoms with E-state index in [1.807, 2.05) is 11.0 Å². The normalized spacial score (nSPS) is 19.2. The van der Waals surface area contributed by atoms with E-state index in [1.54, 1.807) is 12.1 Å². The molecule has 1 fully saturated rings. The van der Waals surface area contributed by atoms with Gasteiger partial charge in [-0.25, -0.2) is 0 Å². The maximum Gasteiger partial charge on any atom is 0.308 e. The molecule has 1 saturated heterocycles. The van der Waals surface area contributed by atoms with Gasteiger partial charge in [-0.2, -0.15) is 0 Å². The van der Waals surface area contributed by atoms with Crippen molar-refractivity contribution in [3.63, 3.8) is 0 Å². The summed E-state index contributed by atoms with van der Waals surface area (Å²) >= 11 is 0. The Balaban J connectivity index is 2.16. The summed E-state index contributed by atoms with van der Waals surface area (Å²) in [5.41, 5.74) is 1.67. The number of aliphatic hydroxyl groups is 1. The Morgan fingerprint density at radius 1 is 1.39 bits per heavy atom. The van der Waals surface area contributed by atoms with Crippen LogP contribution in [0.2, 0.25) is 0 Å². The van der Waals surface area contributed by atoms with E-state index < -0.39 is 5.97 Å². The summed E-state index contributed by atoms with van der Waals surface area (Å²) in [5, 5.41) is 27.5. The zero-order valence-corrected chi connectivity index (χ0v) is 10.0. The molecule has 1 atom stereocenters. The van der Waals surface area contributed by atoms with Crippen LogP contribution in [-0.4, -0.2) is 41.0 Å². The van der Waals surface area contributed by atoms with Crippen molar-refractivity contribution in [1.29, 1.82) is 0 Å². The zero-order chi connectivity index (χ0) is 13.1. The highest BCUT2D eigenvalue weighted by Gasteiger charge is 2.28. The van der Waals surface area contributed by atoms with Gasteiger partial charge in [-0.05, 0) is 30.5 Å². The molecule has 1 unspecified atom stereocenters. The van der Waals surface area contributed by atoms with Crippen molar-refractivity contribution in [2.24, 2.45) is 5.92 Å². The fourth-order valence-electron chi connectivity index (χ4n) is 2.31. The predicted octanol–water partition coefficient (Wildman–Crippen LogP) is 0.838. The van der Waals surface area contributed by atoms with E-state index in [0.29, 0.717) is 25.9 Å².